The van der Waals surface area contributed by atoms with E-state index in [2.05, 4.69) is 24.0 Å². The standard InChI is InChI=1S/C20H35NS/c1-2-3-4-5-6-7-8-9-10-11-12-13-16-19-22-20-17-14-15-18-21-20/h14-15,17-18H,2-13,16,19H2,1H3. The van der Waals surface area contributed by atoms with Crippen molar-refractivity contribution in [1.82, 2.24) is 4.98 Å². The van der Waals surface area contributed by atoms with Crippen molar-refractivity contribution in [3.8, 4) is 0 Å². The van der Waals surface area contributed by atoms with Gasteiger partial charge < -0.3 is 0 Å². The molecule has 0 fully saturated rings. The normalized spacial score (nSPS) is 11.0. The fourth-order valence-corrected chi connectivity index (χ4v) is 3.60. The first-order valence-electron chi connectivity index (χ1n) is 9.47. The zero-order valence-electron chi connectivity index (χ0n) is 14.6. The predicted molar refractivity (Wildman–Crippen MR) is 101 cm³/mol. The highest BCUT2D eigenvalue weighted by atomic mass is 32.2. The average molecular weight is 322 g/mol. The van der Waals surface area contributed by atoms with E-state index < -0.39 is 0 Å². The number of hydrogen-bond donors (Lipinski definition) is 0. The van der Waals surface area contributed by atoms with Crippen LogP contribution in [0.25, 0.3) is 0 Å². The Morgan fingerprint density at radius 1 is 0.727 bits per heavy atom. The van der Waals surface area contributed by atoms with Gasteiger partial charge in [0.15, 0.2) is 0 Å². The van der Waals surface area contributed by atoms with Gasteiger partial charge in [-0.3, -0.25) is 0 Å². The summed E-state index contributed by atoms with van der Waals surface area (Å²) in [5, 5.41) is 1.17. The lowest BCUT2D eigenvalue weighted by atomic mass is 10.1. The van der Waals surface area contributed by atoms with Crippen LogP contribution in [0.1, 0.15) is 90.4 Å². The van der Waals surface area contributed by atoms with E-state index in [1.165, 1.54) is 94.2 Å². The second-order valence-corrected chi connectivity index (χ2v) is 7.37. The SMILES string of the molecule is CCCCCCCCCCCCCCCSc1ccccn1. The Bertz CT molecular complexity index is 326. The number of rotatable bonds is 15. The molecule has 1 rings (SSSR count). The molecule has 126 valence electrons. The number of unbranched alkanes of at least 4 members (excludes halogenated alkanes) is 12. The molecule has 1 aromatic rings. The third kappa shape index (κ3) is 12.1. The summed E-state index contributed by atoms with van der Waals surface area (Å²) in [6.45, 7) is 2.29. The van der Waals surface area contributed by atoms with E-state index in [1.54, 1.807) is 0 Å². The molecule has 0 aromatic carbocycles. The fraction of sp³-hybridized carbons (Fsp3) is 0.750. The molecular formula is C20H35NS. The van der Waals surface area contributed by atoms with Crippen LogP contribution in [0.4, 0.5) is 0 Å². The second-order valence-electron chi connectivity index (χ2n) is 6.26. The molecule has 0 aliphatic rings. The third-order valence-corrected chi connectivity index (χ3v) is 5.17. The van der Waals surface area contributed by atoms with Crippen molar-refractivity contribution in [3.05, 3.63) is 24.4 Å². The highest BCUT2D eigenvalue weighted by Crippen LogP contribution is 2.17. The largest absolute Gasteiger partial charge is 0.250 e. The van der Waals surface area contributed by atoms with Crippen LogP contribution in [-0.4, -0.2) is 10.7 Å². The minimum Gasteiger partial charge on any atom is -0.250 e. The minimum atomic E-state index is 1.17. The van der Waals surface area contributed by atoms with Crippen LogP contribution in [0.5, 0.6) is 0 Å². The van der Waals surface area contributed by atoms with Gasteiger partial charge in [0.2, 0.25) is 0 Å². The van der Waals surface area contributed by atoms with Crippen LogP contribution < -0.4 is 0 Å². The molecule has 0 saturated carbocycles. The third-order valence-electron chi connectivity index (χ3n) is 4.14. The zero-order chi connectivity index (χ0) is 15.7. The molecule has 22 heavy (non-hydrogen) atoms. The molecule has 0 aliphatic carbocycles. The van der Waals surface area contributed by atoms with E-state index in [4.69, 9.17) is 0 Å². The number of thioether (sulfide) groups is 1. The molecule has 0 bridgehead atoms. The van der Waals surface area contributed by atoms with E-state index in [0.29, 0.717) is 0 Å². The summed E-state index contributed by atoms with van der Waals surface area (Å²) in [6.07, 6.45) is 20.4. The van der Waals surface area contributed by atoms with Gasteiger partial charge in [0.05, 0.1) is 5.03 Å². The lowest BCUT2D eigenvalue weighted by Gasteiger charge is -2.03. The Morgan fingerprint density at radius 2 is 1.27 bits per heavy atom. The van der Waals surface area contributed by atoms with Crippen molar-refractivity contribution in [2.75, 3.05) is 5.75 Å². The van der Waals surface area contributed by atoms with E-state index in [1.807, 2.05) is 24.0 Å². The van der Waals surface area contributed by atoms with Crippen LogP contribution >= 0.6 is 11.8 Å². The molecular weight excluding hydrogens is 286 g/mol. The van der Waals surface area contributed by atoms with E-state index >= 15 is 0 Å². The van der Waals surface area contributed by atoms with Gasteiger partial charge in [-0.25, -0.2) is 4.98 Å². The van der Waals surface area contributed by atoms with Crippen molar-refractivity contribution >= 4 is 11.8 Å². The van der Waals surface area contributed by atoms with Crippen molar-refractivity contribution in [3.63, 3.8) is 0 Å². The van der Waals surface area contributed by atoms with Gasteiger partial charge in [0.25, 0.3) is 0 Å². The summed E-state index contributed by atoms with van der Waals surface area (Å²) in [5.41, 5.74) is 0. The van der Waals surface area contributed by atoms with Crippen LogP contribution in [0.3, 0.4) is 0 Å². The second kappa shape index (κ2) is 15.4. The Labute approximate surface area is 142 Å². The summed E-state index contributed by atoms with van der Waals surface area (Å²) in [4.78, 5) is 4.34. The van der Waals surface area contributed by atoms with Gasteiger partial charge >= 0.3 is 0 Å². The lowest BCUT2D eigenvalue weighted by Crippen LogP contribution is -1.85. The van der Waals surface area contributed by atoms with Crippen LogP contribution in [0.2, 0.25) is 0 Å². The van der Waals surface area contributed by atoms with Crippen molar-refractivity contribution in [1.29, 1.82) is 0 Å². The Balaban J connectivity index is 1.73. The highest BCUT2D eigenvalue weighted by molar-refractivity contribution is 7.99. The predicted octanol–water partition coefficient (Wildman–Crippen LogP) is 7.26. The van der Waals surface area contributed by atoms with E-state index in [-0.39, 0.29) is 0 Å². The Kier molecular flexibility index (Phi) is 13.7. The molecule has 0 atom stereocenters. The van der Waals surface area contributed by atoms with Crippen molar-refractivity contribution in [2.24, 2.45) is 0 Å². The fourth-order valence-electron chi connectivity index (χ4n) is 2.73. The quantitative estimate of drug-likeness (QED) is 0.249. The molecule has 0 radical (unpaired) electrons. The minimum absolute atomic E-state index is 1.17. The average Bonchev–Trinajstić information content (AvgIpc) is 2.56. The molecule has 1 nitrogen and oxygen atoms in total. The number of aromatic nitrogens is 1. The molecule has 1 heterocycles. The van der Waals surface area contributed by atoms with Crippen molar-refractivity contribution < 1.29 is 0 Å². The lowest BCUT2D eigenvalue weighted by molar-refractivity contribution is 0.543. The number of nitrogens with zero attached hydrogens (tertiary/aromatic N) is 1. The smallest absolute Gasteiger partial charge is 0.0959 e. The van der Waals surface area contributed by atoms with Gasteiger partial charge in [-0.05, 0) is 24.3 Å². The maximum Gasteiger partial charge on any atom is 0.0959 e. The van der Waals surface area contributed by atoms with Gasteiger partial charge in [0.1, 0.15) is 0 Å². The first-order chi connectivity index (χ1) is 10.9. The molecule has 0 spiro atoms. The molecule has 0 saturated heterocycles. The number of pyridine rings is 1. The first kappa shape index (κ1) is 19.5. The Hall–Kier alpha value is -0.500. The van der Waals surface area contributed by atoms with Gasteiger partial charge in [-0.15, -0.1) is 11.8 Å². The number of hydrogen-bond acceptors (Lipinski definition) is 2. The Morgan fingerprint density at radius 3 is 1.77 bits per heavy atom. The monoisotopic (exact) mass is 321 g/mol. The van der Waals surface area contributed by atoms with Gasteiger partial charge in [-0.1, -0.05) is 90.0 Å². The molecule has 0 unspecified atom stereocenters. The van der Waals surface area contributed by atoms with Crippen molar-refractivity contribution in [2.45, 2.75) is 95.4 Å². The zero-order valence-corrected chi connectivity index (χ0v) is 15.4. The van der Waals surface area contributed by atoms with Gasteiger partial charge in [0, 0.05) is 6.20 Å². The summed E-state index contributed by atoms with van der Waals surface area (Å²) in [6, 6.07) is 6.15. The molecule has 0 amide bonds. The maximum atomic E-state index is 4.34. The van der Waals surface area contributed by atoms with Crippen LogP contribution in [-0.2, 0) is 0 Å². The summed E-state index contributed by atoms with van der Waals surface area (Å²) < 4.78 is 0. The van der Waals surface area contributed by atoms with Crippen LogP contribution in [0.15, 0.2) is 29.4 Å². The highest BCUT2D eigenvalue weighted by Gasteiger charge is 1.96. The van der Waals surface area contributed by atoms with Gasteiger partial charge in [-0.2, -0.15) is 0 Å². The van der Waals surface area contributed by atoms with E-state index in [0.717, 1.165) is 0 Å². The maximum absolute atomic E-state index is 4.34. The summed E-state index contributed by atoms with van der Waals surface area (Å²) in [7, 11) is 0. The first-order valence-corrected chi connectivity index (χ1v) is 10.5. The van der Waals surface area contributed by atoms with Crippen LogP contribution in [0, 0.1) is 0 Å². The molecule has 0 aliphatic heterocycles. The van der Waals surface area contributed by atoms with E-state index in [9.17, 15) is 0 Å². The molecule has 0 N–H and O–H groups in total. The summed E-state index contributed by atoms with van der Waals surface area (Å²) >= 11 is 1.89. The molecule has 1 aromatic heterocycles. The molecule has 2 heteroatoms. The summed E-state index contributed by atoms with van der Waals surface area (Å²) in [5.74, 6) is 1.22. The topological polar surface area (TPSA) is 12.9 Å².